The molecule has 0 aromatic heterocycles. The van der Waals surface area contributed by atoms with Crippen LogP contribution in [0.2, 0.25) is 0 Å². The lowest BCUT2D eigenvalue weighted by molar-refractivity contribution is 0.189. The zero-order valence-electron chi connectivity index (χ0n) is 9.63. The van der Waals surface area contributed by atoms with Gasteiger partial charge in [-0.1, -0.05) is 0 Å². The van der Waals surface area contributed by atoms with Crippen LogP contribution in [0.15, 0.2) is 18.2 Å². The molecule has 1 atom stereocenters. The lowest BCUT2D eigenvalue weighted by Crippen LogP contribution is -2.38. The van der Waals surface area contributed by atoms with Gasteiger partial charge in [0.05, 0.1) is 12.6 Å². The molecule has 1 aromatic rings. The van der Waals surface area contributed by atoms with Crippen molar-refractivity contribution < 1.29 is 13.9 Å². The number of aryl methyl sites for hydroxylation is 1. The van der Waals surface area contributed by atoms with Crippen LogP contribution in [0.3, 0.4) is 0 Å². The van der Waals surface area contributed by atoms with E-state index in [1.54, 1.807) is 13.0 Å². The van der Waals surface area contributed by atoms with Crippen LogP contribution in [0.4, 0.5) is 14.9 Å². The maximum absolute atomic E-state index is 13.1. The molecule has 1 fully saturated rings. The molecule has 92 valence electrons. The summed E-state index contributed by atoms with van der Waals surface area (Å²) in [6, 6.07) is 4.13. The number of carbonyl (C=O) groups excluding carboxylic acids is 1. The molecule has 0 saturated carbocycles. The Morgan fingerprint density at radius 3 is 2.94 bits per heavy atom. The number of benzene rings is 1. The molecule has 0 spiro atoms. The van der Waals surface area contributed by atoms with Crippen molar-refractivity contribution in [3.8, 4) is 0 Å². The van der Waals surface area contributed by atoms with Crippen molar-refractivity contribution in [3.05, 3.63) is 29.6 Å². The maximum atomic E-state index is 13.1. The van der Waals surface area contributed by atoms with E-state index in [9.17, 15) is 9.18 Å². The Labute approximate surface area is 99.2 Å². The molecule has 2 N–H and O–H groups in total. The highest BCUT2D eigenvalue weighted by molar-refractivity contribution is 5.89. The molecule has 0 bridgehead atoms. The Kier molecular flexibility index (Phi) is 3.58. The lowest BCUT2D eigenvalue weighted by Gasteiger charge is -2.12. The summed E-state index contributed by atoms with van der Waals surface area (Å²) in [5.74, 6) is -0.357. The van der Waals surface area contributed by atoms with Gasteiger partial charge in [-0.2, -0.15) is 0 Å². The zero-order valence-corrected chi connectivity index (χ0v) is 9.63. The van der Waals surface area contributed by atoms with Crippen LogP contribution in [0.5, 0.6) is 0 Å². The normalized spacial score (nSPS) is 19.1. The molecule has 0 aliphatic carbocycles. The van der Waals surface area contributed by atoms with Crippen molar-refractivity contribution in [1.82, 2.24) is 5.32 Å². The van der Waals surface area contributed by atoms with Crippen molar-refractivity contribution in [2.45, 2.75) is 19.4 Å². The first-order valence-corrected chi connectivity index (χ1v) is 5.56. The highest BCUT2D eigenvalue weighted by Gasteiger charge is 2.17. The van der Waals surface area contributed by atoms with E-state index in [2.05, 4.69) is 10.6 Å². The first-order chi connectivity index (χ1) is 8.13. The average Bonchev–Trinajstić information content (AvgIpc) is 2.67. The number of amides is 2. The topological polar surface area (TPSA) is 50.4 Å². The molecular weight excluding hydrogens is 223 g/mol. The summed E-state index contributed by atoms with van der Waals surface area (Å²) in [5, 5.41) is 5.37. The minimum Gasteiger partial charge on any atom is -0.379 e. The largest absolute Gasteiger partial charge is 0.379 e. The minimum atomic E-state index is -0.357. The Morgan fingerprint density at radius 2 is 2.29 bits per heavy atom. The number of anilines is 1. The predicted molar refractivity (Wildman–Crippen MR) is 62.5 cm³/mol. The minimum absolute atomic E-state index is 0.0460. The first kappa shape index (κ1) is 11.9. The molecule has 1 aliphatic rings. The number of halogens is 1. The highest BCUT2D eigenvalue weighted by atomic mass is 19.1. The van der Waals surface area contributed by atoms with Gasteiger partial charge in [-0.05, 0) is 37.1 Å². The lowest BCUT2D eigenvalue weighted by atomic mass is 10.2. The smallest absolute Gasteiger partial charge is 0.319 e. The van der Waals surface area contributed by atoms with Crippen LogP contribution in [0.25, 0.3) is 0 Å². The number of ether oxygens (including phenoxy) is 1. The molecule has 0 radical (unpaired) electrons. The van der Waals surface area contributed by atoms with Gasteiger partial charge in [-0.15, -0.1) is 0 Å². The van der Waals surface area contributed by atoms with E-state index in [1.165, 1.54) is 12.1 Å². The van der Waals surface area contributed by atoms with Crippen LogP contribution in [-0.2, 0) is 4.74 Å². The molecule has 1 saturated heterocycles. The molecular formula is C12H15FN2O2. The second-order valence-electron chi connectivity index (χ2n) is 4.18. The Hall–Kier alpha value is -1.62. The Bertz CT molecular complexity index is 397. The summed E-state index contributed by atoms with van der Waals surface area (Å²) >= 11 is 0. The SMILES string of the molecule is Cc1cc(F)cc(NC(=O)NC2CCOC2)c1. The van der Waals surface area contributed by atoms with Crippen molar-refractivity contribution in [2.24, 2.45) is 0 Å². The van der Waals surface area contributed by atoms with Crippen molar-refractivity contribution in [1.29, 1.82) is 0 Å². The number of carbonyl (C=O) groups is 1. The summed E-state index contributed by atoms with van der Waals surface area (Å²) in [5.41, 5.74) is 1.23. The quantitative estimate of drug-likeness (QED) is 0.828. The molecule has 2 rings (SSSR count). The molecule has 5 heteroatoms. The van der Waals surface area contributed by atoms with Crippen LogP contribution in [0, 0.1) is 12.7 Å². The van der Waals surface area contributed by atoms with E-state index in [0.29, 0.717) is 18.9 Å². The molecule has 1 aromatic carbocycles. The maximum Gasteiger partial charge on any atom is 0.319 e. The van der Waals surface area contributed by atoms with Gasteiger partial charge in [0.2, 0.25) is 0 Å². The highest BCUT2D eigenvalue weighted by Crippen LogP contribution is 2.13. The summed E-state index contributed by atoms with van der Waals surface area (Å²) < 4.78 is 18.2. The van der Waals surface area contributed by atoms with E-state index < -0.39 is 0 Å². The number of rotatable bonds is 2. The molecule has 17 heavy (non-hydrogen) atoms. The second kappa shape index (κ2) is 5.14. The van der Waals surface area contributed by atoms with E-state index in [4.69, 9.17) is 4.74 Å². The molecule has 4 nitrogen and oxygen atoms in total. The third-order valence-electron chi connectivity index (χ3n) is 2.56. The number of urea groups is 1. The van der Waals surface area contributed by atoms with Gasteiger partial charge >= 0.3 is 6.03 Å². The van der Waals surface area contributed by atoms with E-state index >= 15 is 0 Å². The zero-order chi connectivity index (χ0) is 12.3. The van der Waals surface area contributed by atoms with Gasteiger partial charge in [-0.3, -0.25) is 0 Å². The molecule has 1 aliphatic heterocycles. The predicted octanol–water partition coefficient (Wildman–Crippen LogP) is 2.04. The van der Waals surface area contributed by atoms with Gasteiger partial charge in [0.15, 0.2) is 0 Å². The summed E-state index contributed by atoms with van der Waals surface area (Å²) in [7, 11) is 0. The molecule has 1 unspecified atom stereocenters. The van der Waals surface area contributed by atoms with Crippen LogP contribution in [0.1, 0.15) is 12.0 Å². The van der Waals surface area contributed by atoms with E-state index in [0.717, 1.165) is 12.0 Å². The van der Waals surface area contributed by atoms with Crippen LogP contribution >= 0.6 is 0 Å². The fraction of sp³-hybridized carbons (Fsp3) is 0.417. The van der Waals surface area contributed by atoms with Gasteiger partial charge < -0.3 is 15.4 Å². The monoisotopic (exact) mass is 238 g/mol. The number of hydrogen-bond donors (Lipinski definition) is 2. The van der Waals surface area contributed by atoms with Gasteiger partial charge in [0.25, 0.3) is 0 Å². The summed E-state index contributed by atoms with van der Waals surface area (Å²) in [6.45, 7) is 2.98. The first-order valence-electron chi connectivity index (χ1n) is 5.56. The summed E-state index contributed by atoms with van der Waals surface area (Å²) in [4.78, 5) is 11.6. The van der Waals surface area contributed by atoms with Crippen molar-refractivity contribution >= 4 is 11.7 Å². The van der Waals surface area contributed by atoms with E-state index in [-0.39, 0.29) is 17.9 Å². The molecule has 2 amide bonds. The molecule has 1 heterocycles. The van der Waals surface area contributed by atoms with E-state index in [1.807, 2.05) is 0 Å². The van der Waals surface area contributed by atoms with Crippen molar-refractivity contribution in [3.63, 3.8) is 0 Å². The average molecular weight is 238 g/mol. The van der Waals surface area contributed by atoms with Gasteiger partial charge in [0.1, 0.15) is 5.82 Å². The third kappa shape index (κ3) is 3.42. The number of nitrogens with one attached hydrogen (secondary N) is 2. The van der Waals surface area contributed by atoms with Gasteiger partial charge in [0, 0.05) is 12.3 Å². The summed E-state index contributed by atoms with van der Waals surface area (Å²) in [6.07, 6.45) is 0.815. The Balaban J connectivity index is 1.92. The van der Waals surface area contributed by atoms with Crippen molar-refractivity contribution in [2.75, 3.05) is 18.5 Å². The number of hydrogen-bond acceptors (Lipinski definition) is 2. The fourth-order valence-electron chi connectivity index (χ4n) is 1.81. The van der Waals surface area contributed by atoms with Crippen LogP contribution < -0.4 is 10.6 Å². The third-order valence-corrected chi connectivity index (χ3v) is 2.56. The Morgan fingerprint density at radius 1 is 1.47 bits per heavy atom. The standard InChI is InChI=1S/C12H15FN2O2/c1-8-4-9(13)6-11(5-8)15-12(16)14-10-2-3-17-7-10/h4-6,10H,2-3,7H2,1H3,(H2,14,15,16). The second-order valence-corrected chi connectivity index (χ2v) is 4.18. The van der Waals surface area contributed by atoms with Crippen LogP contribution in [-0.4, -0.2) is 25.3 Å². The fourth-order valence-corrected chi connectivity index (χ4v) is 1.81. The van der Waals surface area contributed by atoms with Gasteiger partial charge in [-0.25, -0.2) is 9.18 Å².